The maximum atomic E-state index is 14.3. The summed E-state index contributed by atoms with van der Waals surface area (Å²) in [6, 6.07) is 6.26. The highest BCUT2D eigenvalue weighted by Crippen LogP contribution is 2.30. The Hall–Kier alpha value is -2.62. The first-order valence-corrected chi connectivity index (χ1v) is 6.54. The number of nitrogens with zero attached hydrogens (tertiary/aromatic N) is 2. The third-order valence-electron chi connectivity index (χ3n) is 3.36. The van der Waals surface area contributed by atoms with Gasteiger partial charge in [0.1, 0.15) is 0 Å². The van der Waals surface area contributed by atoms with Crippen LogP contribution in [0.5, 0.6) is 0 Å². The monoisotopic (exact) mass is 306 g/mol. The third kappa shape index (κ3) is 3.95. The van der Waals surface area contributed by atoms with Crippen LogP contribution in [-0.4, -0.2) is 22.7 Å². The van der Waals surface area contributed by atoms with E-state index in [1.165, 1.54) is 13.8 Å². The van der Waals surface area contributed by atoms with E-state index in [9.17, 15) is 24.1 Å². The van der Waals surface area contributed by atoms with Gasteiger partial charge in [0.15, 0.2) is 6.17 Å². The molecular weight excluding hydrogens is 291 g/mol. The van der Waals surface area contributed by atoms with Crippen LogP contribution in [0.3, 0.4) is 0 Å². The van der Waals surface area contributed by atoms with E-state index in [-0.39, 0.29) is 24.1 Å². The van der Waals surface area contributed by atoms with Crippen LogP contribution in [0.1, 0.15) is 37.0 Å². The van der Waals surface area contributed by atoms with E-state index < -0.39 is 28.1 Å². The summed E-state index contributed by atoms with van der Waals surface area (Å²) < 4.78 is 14.3. The van der Waals surface area contributed by atoms with E-state index >= 15 is 0 Å². The predicted octanol–water partition coefficient (Wildman–Crippen LogP) is 3.01. The molecule has 0 N–H and O–H groups in total. The molecule has 0 saturated heterocycles. The lowest BCUT2D eigenvalue weighted by Gasteiger charge is -2.26. The second-order valence-electron chi connectivity index (χ2n) is 5.51. The van der Waals surface area contributed by atoms with Crippen molar-refractivity contribution in [2.24, 2.45) is 5.41 Å². The van der Waals surface area contributed by atoms with E-state index in [0.717, 1.165) is 24.3 Å². The predicted molar refractivity (Wildman–Crippen MR) is 76.0 cm³/mol. The molecule has 0 bridgehead atoms. The molecule has 0 heterocycles. The van der Waals surface area contributed by atoms with Gasteiger partial charge in [0.2, 0.25) is 11.6 Å². The standard InChI is InChI=1S/C15H15FN2O4/c1-15(2,8-3-9-17)14(16)13(20)12(19)10-4-6-11(7-5-10)18(21)22/h4-7,14H,3,8H2,1-2H3. The van der Waals surface area contributed by atoms with Gasteiger partial charge in [-0.05, 0) is 18.6 Å². The van der Waals surface area contributed by atoms with Gasteiger partial charge in [-0.2, -0.15) is 5.26 Å². The first-order valence-electron chi connectivity index (χ1n) is 6.54. The Morgan fingerprint density at radius 1 is 1.36 bits per heavy atom. The molecule has 0 aliphatic carbocycles. The normalized spacial score (nSPS) is 12.3. The number of non-ortho nitro benzene ring substituents is 1. The maximum absolute atomic E-state index is 14.3. The number of hydrogen-bond acceptors (Lipinski definition) is 5. The Kier molecular flexibility index (Phi) is 5.46. The fourth-order valence-corrected chi connectivity index (χ4v) is 1.85. The fourth-order valence-electron chi connectivity index (χ4n) is 1.85. The summed E-state index contributed by atoms with van der Waals surface area (Å²) in [5.41, 5.74) is -1.46. The zero-order chi connectivity index (χ0) is 16.9. The summed E-state index contributed by atoms with van der Waals surface area (Å²) in [7, 11) is 0. The summed E-state index contributed by atoms with van der Waals surface area (Å²) in [6.45, 7) is 2.94. The van der Waals surface area contributed by atoms with Crippen molar-refractivity contribution in [3.63, 3.8) is 0 Å². The first-order chi connectivity index (χ1) is 10.2. The number of nitro groups is 1. The Bertz CT molecular complexity index is 632. The average Bonchev–Trinajstić information content (AvgIpc) is 2.50. The van der Waals surface area contributed by atoms with Crippen molar-refractivity contribution in [3.05, 3.63) is 39.9 Å². The number of nitriles is 1. The molecule has 1 unspecified atom stereocenters. The molecular formula is C15H15FN2O4. The van der Waals surface area contributed by atoms with E-state index in [4.69, 9.17) is 5.26 Å². The fraction of sp³-hybridized carbons (Fsp3) is 0.400. The van der Waals surface area contributed by atoms with Gasteiger partial charge >= 0.3 is 0 Å². The van der Waals surface area contributed by atoms with Crippen LogP contribution in [0, 0.1) is 26.9 Å². The molecule has 1 aromatic carbocycles. The Morgan fingerprint density at radius 2 is 1.91 bits per heavy atom. The van der Waals surface area contributed by atoms with Crippen molar-refractivity contribution in [1.82, 2.24) is 0 Å². The molecule has 0 aliphatic rings. The number of carbonyl (C=O) groups excluding carboxylic acids is 2. The maximum Gasteiger partial charge on any atom is 0.269 e. The molecule has 0 spiro atoms. The zero-order valence-corrected chi connectivity index (χ0v) is 12.2. The molecule has 7 heteroatoms. The van der Waals surface area contributed by atoms with Gasteiger partial charge in [-0.3, -0.25) is 19.7 Å². The Balaban J connectivity index is 2.90. The van der Waals surface area contributed by atoms with Gasteiger partial charge in [-0.25, -0.2) is 4.39 Å². The number of nitro benzene ring substituents is 1. The molecule has 0 fully saturated rings. The second kappa shape index (κ2) is 6.89. The molecule has 0 aliphatic heterocycles. The molecule has 1 aromatic rings. The quantitative estimate of drug-likeness (QED) is 0.333. The van der Waals surface area contributed by atoms with Crippen molar-refractivity contribution in [2.45, 2.75) is 32.9 Å². The van der Waals surface area contributed by atoms with Gasteiger partial charge in [-0.1, -0.05) is 13.8 Å². The SMILES string of the molecule is CC(C)(CCC#N)C(F)C(=O)C(=O)c1ccc([N+](=O)[O-])cc1. The summed E-state index contributed by atoms with van der Waals surface area (Å²) in [4.78, 5) is 33.8. The van der Waals surface area contributed by atoms with Crippen LogP contribution in [0.2, 0.25) is 0 Å². The van der Waals surface area contributed by atoms with Crippen LogP contribution in [-0.2, 0) is 4.79 Å². The number of hydrogen-bond donors (Lipinski definition) is 0. The van der Waals surface area contributed by atoms with Crippen molar-refractivity contribution in [3.8, 4) is 6.07 Å². The van der Waals surface area contributed by atoms with Crippen molar-refractivity contribution in [1.29, 1.82) is 5.26 Å². The molecule has 22 heavy (non-hydrogen) atoms. The van der Waals surface area contributed by atoms with Crippen LogP contribution in [0.15, 0.2) is 24.3 Å². The number of Topliss-reactive ketones (excluding diaryl/α,β-unsaturated/α-hetero) is 2. The minimum Gasteiger partial charge on any atom is -0.287 e. The number of halogens is 1. The van der Waals surface area contributed by atoms with E-state index in [0.29, 0.717) is 0 Å². The molecule has 0 amide bonds. The summed E-state index contributed by atoms with van der Waals surface area (Å²) in [5, 5.41) is 19.1. The highest BCUT2D eigenvalue weighted by Gasteiger charge is 2.38. The average molecular weight is 306 g/mol. The van der Waals surface area contributed by atoms with Crippen LogP contribution < -0.4 is 0 Å². The van der Waals surface area contributed by atoms with Crippen LogP contribution >= 0.6 is 0 Å². The van der Waals surface area contributed by atoms with Gasteiger partial charge in [0.05, 0.1) is 11.0 Å². The van der Waals surface area contributed by atoms with Gasteiger partial charge in [0.25, 0.3) is 5.69 Å². The van der Waals surface area contributed by atoms with Crippen molar-refractivity contribution >= 4 is 17.3 Å². The Labute approximate surface area is 126 Å². The first kappa shape index (κ1) is 17.4. The molecule has 0 radical (unpaired) electrons. The molecule has 0 aromatic heterocycles. The van der Waals surface area contributed by atoms with Gasteiger partial charge in [0, 0.05) is 29.5 Å². The lowest BCUT2D eigenvalue weighted by molar-refractivity contribution is -0.384. The molecule has 116 valence electrons. The highest BCUT2D eigenvalue weighted by atomic mass is 19.1. The number of benzene rings is 1. The Morgan fingerprint density at radius 3 is 2.36 bits per heavy atom. The second-order valence-corrected chi connectivity index (χ2v) is 5.51. The summed E-state index contributed by atoms with van der Waals surface area (Å²) in [5.74, 6) is -2.25. The van der Waals surface area contributed by atoms with Crippen LogP contribution in [0.4, 0.5) is 10.1 Å². The number of alkyl halides is 1. The lowest BCUT2D eigenvalue weighted by atomic mass is 9.80. The molecule has 0 saturated carbocycles. The molecule has 6 nitrogen and oxygen atoms in total. The van der Waals surface area contributed by atoms with Crippen LogP contribution in [0.25, 0.3) is 0 Å². The highest BCUT2D eigenvalue weighted by molar-refractivity contribution is 6.45. The topological polar surface area (TPSA) is 101 Å². The van der Waals surface area contributed by atoms with Crippen molar-refractivity contribution < 1.29 is 18.9 Å². The number of rotatable bonds is 7. The lowest BCUT2D eigenvalue weighted by Crippen LogP contribution is -2.37. The summed E-state index contributed by atoms with van der Waals surface area (Å²) in [6.07, 6.45) is -1.82. The van der Waals surface area contributed by atoms with Gasteiger partial charge in [-0.15, -0.1) is 0 Å². The molecule has 1 rings (SSSR count). The minimum atomic E-state index is -2.04. The van der Waals surface area contributed by atoms with E-state index in [1.807, 2.05) is 6.07 Å². The summed E-state index contributed by atoms with van der Waals surface area (Å²) >= 11 is 0. The number of ketones is 2. The number of carbonyl (C=O) groups is 2. The van der Waals surface area contributed by atoms with Crippen molar-refractivity contribution in [2.75, 3.05) is 0 Å². The zero-order valence-electron chi connectivity index (χ0n) is 12.2. The van der Waals surface area contributed by atoms with E-state index in [1.54, 1.807) is 0 Å². The minimum absolute atomic E-state index is 0.0758. The smallest absolute Gasteiger partial charge is 0.269 e. The molecule has 1 atom stereocenters. The third-order valence-corrected chi connectivity index (χ3v) is 3.36. The van der Waals surface area contributed by atoms with E-state index in [2.05, 4.69) is 0 Å². The largest absolute Gasteiger partial charge is 0.287 e. The van der Waals surface area contributed by atoms with Gasteiger partial charge < -0.3 is 0 Å².